The van der Waals surface area contributed by atoms with Gasteiger partial charge in [0.15, 0.2) is 6.10 Å². The van der Waals surface area contributed by atoms with Gasteiger partial charge in [-0.25, -0.2) is 4.79 Å². The highest BCUT2D eigenvalue weighted by Crippen LogP contribution is 2.34. The minimum atomic E-state index is -0.638. The van der Waals surface area contributed by atoms with Crippen LogP contribution in [0.5, 0.6) is 5.75 Å². The summed E-state index contributed by atoms with van der Waals surface area (Å²) in [6.45, 7) is 1.68. The molecule has 0 saturated heterocycles. The maximum absolute atomic E-state index is 12.0. The van der Waals surface area contributed by atoms with Crippen LogP contribution in [0.4, 0.5) is 0 Å². The van der Waals surface area contributed by atoms with Crippen LogP contribution in [-0.4, -0.2) is 31.0 Å². The third-order valence-electron chi connectivity index (χ3n) is 3.98. The van der Waals surface area contributed by atoms with Crippen LogP contribution in [0.2, 0.25) is 0 Å². The van der Waals surface area contributed by atoms with Crippen LogP contribution in [0, 0.1) is 0 Å². The molecule has 1 amide bonds. The molecule has 1 aromatic heterocycles. The Morgan fingerprint density at radius 3 is 2.54 bits per heavy atom. The van der Waals surface area contributed by atoms with Crippen LogP contribution < -0.4 is 10.4 Å². The molecule has 0 bridgehead atoms. The molecular weight excluding hydrogens is 398 g/mol. The van der Waals surface area contributed by atoms with Crippen LogP contribution in [0.15, 0.2) is 62.2 Å². The van der Waals surface area contributed by atoms with Crippen molar-refractivity contribution >= 4 is 32.8 Å². The second-order valence-electron chi connectivity index (χ2n) is 6.11. The summed E-state index contributed by atoms with van der Waals surface area (Å²) in [5, 5.41) is 0.787. The summed E-state index contributed by atoms with van der Waals surface area (Å²) in [6.07, 6.45) is -0.638. The van der Waals surface area contributed by atoms with Crippen molar-refractivity contribution in [1.29, 1.82) is 0 Å². The first-order valence-electron chi connectivity index (χ1n) is 8.07. The predicted molar refractivity (Wildman–Crippen MR) is 104 cm³/mol. The van der Waals surface area contributed by atoms with Crippen molar-refractivity contribution in [1.82, 2.24) is 4.90 Å². The van der Waals surface area contributed by atoms with E-state index in [1.54, 1.807) is 33.2 Å². The SMILES string of the molecule is CC(Oc1ccc2c(-c3ccccc3Br)cc(=O)oc2c1)C(=O)N(C)C. The van der Waals surface area contributed by atoms with Crippen molar-refractivity contribution < 1.29 is 13.9 Å². The number of nitrogens with zero attached hydrogens (tertiary/aromatic N) is 1. The van der Waals surface area contributed by atoms with E-state index in [9.17, 15) is 9.59 Å². The van der Waals surface area contributed by atoms with E-state index in [2.05, 4.69) is 15.9 Å². The molecule has 134 valence electrons. The first kappa shape index (κ1) is 18.2. The minimum Gasteiger partial charge on any atom is -0.481 e. The molecule has 5 nitrogen and oxygen atoms in total. The number of hydrogen-bond donors (Lipinski definition) is 0. The Morgan fingerprint density at radius 1 is 1.12 bits per heavy atom. The van der Waals surface area contributed by atoms with Crippen LogP contribution in [0.25, 0.3) is 22.1 Å². The summed E-state index contributed by atoms with van der Waals surface area (Å²) in [7, 11) is 3.34. The van der Waals surface area contributed by atoms with Crippen molar-refractivity contribution in [3.8, 4) is 16.9 Å². The fraction of sp³-hybridized carbons (Fsp3) is 0.200. The van der Waals surface area contributed by atoms with Crippen LogP contribution in [0.3, 0.4) is 0 Å². The number of likely N-dealkylation sites (N-methyl/N-ethyl adjacent to an activating group) is 1. The molecule has 3 rings (SSSR count). The average Bonchev–Trinajstić information content (AvgIpc) is 2.60. The number of fused-ring (bicyclic) bond motifs is 1. The van der Waals surface area contributed by atoms with Gasteiger partial charge in [-0.05, 0) is 30.7 Å². The third kappa shape index (κ3) is 3.65. The molecule has 0 radical (unpaired) electrons. The lowest BCUT2D eigenvalue weighted by Crippen LogP contribution is -2.35. The fourth-order valence-electron chi connectivity index (χ4n) is 2.74. The van der Waals surface area contributed by atoms with E-state index in [1.165, 1.54) is 11.0 Å². The summed E-state index contributed by atoms with van der Waals surface area (Å²) in [5.74, 6) is 0.321. The normalized spacial score (nSPS) is 12.0. The van der Waals surface area contributed by atoms with Gasteiger partial charge in [0.2, 0.25) is 0 Å². The van der Waals surface area contributed by atoms with E-state index < -0.39 is 11.7 Å². The van der Waals surface area contributed by atoms with Crippen molar-refractivity contribution in [2.45, 2.75) is 13.0 Å². The molecular formula is C20H18BrNO4. The Labute approximate surface area is 159 Å². The topological polar surface area (TPSA) is 59.8 Å². The second kappa shape index (κ2) is 7.33. The standard InChI is InChI=1S/C20H18BrNO4/c1-12(20(24)22(2)3)25-13-8-9-15-16(11-19(23)26-18(15)10-13)14-6-4-5-7-17(14)21/h4-12H,1-3H3. The first-order chi connectivity index (χ1) is 12.4. The van der Waals surface area contributed by atoms with E-state index >= 15 is 0 Å². The molecule has 1 unspecified atom stereocenters. The summed E-state index contributed by atoms with van der Waals surface area (Å²) in [6, 6.07) is 14.4. The van der Waals surface area contributed by atoms with Crippen molar-refractivity contribution in [2.75, 3.05) is 14.1 Å². The summed E-state index contributed by atoms with van der Waals surface area (Å²) >= 11 is 3.52. The Hall–Kier alpha value is -2.60. The van der Waals surface area contributed by atoms with Crippen molar-refractivity contribution in [3.63, 3.8) is 0 Å². The number of carbonyl (C=O) groups excluding carboxylic acids is 1. The Morgan fingerprint density at radius 2 is 1.85 bits per heavy atom. The largest absolute Gasteiger partial charge is 0.481 e. The fourth-order valence-corrected chi connectivity index (χ4v) is 3.24. The highest BCUT2D eigenvalue weighted by molar-refractivity contribution is 9.10. The number of amides is 1. The Balaban J connectivity index is 2.05. The van der Waals surface area contributed by atoms with Crippen molar-refractivity contribution in [3.05, 3.63) is 63.4 Å². The molecule has 1 atom stereocenters. The molecule has 0 fully saturated rings. The smallest absolute Gasteiger partial charge is 0.336 e. The molecule has 0 spiro atoms. The third-order valence-corrected chi connectivity index (χ3v) is 4.67. The second-order valence-corrected chi connectivity index (χ2v) is 6.96. The quantitative estimate of drug-likeness (QED) is 0.602. The van der Waals surface area contributed by atoms with Gasteiger partial charge in [0, 0.05) is 41.7 Å². The molecule has 2 aromatic carbocycles. The Kier molecular flexibility index (Phi) is 5.13. The molecule has 0 saturated carbocycles. The van der Waals surface area contributed by atoms with Crippen LogP contribution >= 0.6 is 15.9 Å². The summed E-state index contributed by atoms with van der Waals surface area (Å²) in [4.78, 5) is 25.5. The number of halogens is 1. The number of benzene rings is 2. The molecule has 0 aliphatic heterocycles. The van der Waals surface area contributed by atoms with Gasteiger partial charge in [-0.3, -0.25) is 4.79 Å². The molecule has 0 N–H and O–H groups in total. The van der Waals surface area contributed by atoms with Crippen molar-refractivity contribution in [2.24, 2.45) is 0 Å². The van der Waals surface area contributed by atoms with Gasteiger partial charge >= 0.3 is 5.63 Å². The molecule has 1 heterocycles. The monoisotopic (exact) mass is 415 g/mol. The zero-order valence-electron chi connectivity index (χ0n) is 14.7. The van der Waals surface area contributed by atoms with E-state index in [4.69, 9.17) is 9.15 Å². The number of ether oxygens (including phenoxy) is 1. The predicted octanol–water partition coefficient (Wildman–Crippen LogP) is 4.08. The summed E-state index contributed by atoms with van der Waals surface area (Å²) < 4.78 is 11.9. The maximum atomic E-state index is 12.0. The highest BCUT2D eigenvalue weighted by Gasteiger charge is 2.17. The number of carbonyl (C=O) groups is 1. The summed E-state index contributed by atoms with van der Waals surface area (Å²) in [5.41, 5.74) is 1.63. The van der Waals surface area contributed by atoms with Gasteiger partial charge in [-0.15, -0.1) is 0 Å². The molecule has 6 heteroatoms. The van der Waals surface area contributed by atoms with Gasteiger partial charge < -0.3 is 14.1 Å². The number of rotatable bonds is 4. The van der Waals surface area contributed by atoms with E-state index in [-0.39, 0.29) is 5.91 Å². The molecule has 3 aromatic rings. The van der Waals surface area contributed by atoms with Gasteiger partial charge in [-0.1, -0.05) is 34.1 Å². The lowest BCUT2D eigenvalue weighted by Gasteiger charge is -2.18. The minimum absolute atomic E-state index is 0.145. The van der Waals surface area contributed by atoms with Crippen LogP contribution in [0.1, 0.15) is 6.92 Å². The van der Waals surface area contributed by atoms with Gasteiger partial charge in [0.25, 0.3) is 5.91 Å². The van der Waals surface area contributed by atoms with E-state index in [0.717, 1.165) is 21.0 Å². The Bertz CT molecular complexity index is 1030. The molecule has 0 aliphatic rings. The highest BCUT2D eigenvalue weighted by atomic mass is 79.9. The lowest BCUT2D eigenvalue weighted by atomic mass is 10.0. The average molecular weight is 416 g/mol. The first-order valence-corrected chi connectivity index (χ1v) is 8.87. The van der Waals surface area contributed by atoms with Crippen LogP contribution in [-0.2, 0) is 4.79 Å². The van der Waals surface area contributed by atoms with E-state index in [0.29, 0.717) is 11.3 Å². The number of hydrogen-bond acceptors (Lipinski definition) is 4. The van der Waals surface area contributed by atoms with Gasteiger partial charge in [0.1, 0.15) is 11.3 Å². The zero-order chi connectivity index (χ0) is 18.8. The van der Waals surface area contributed by atoms with E-state index in [1.807, 2.05) is 30.3 Å². The maximum Gasteiger partial charge on any atom is 0.336 e. The van der Waals surface area contributed by atoms with Gasteiger partial charge in [-0.2, -0.15) is 0 Å². The zero-order valence-corrected chi connectivity index (χ0v) is 16.2. The molecule has 0 aliphatic carbocycles. The van der Waals surface area contributed by atoms with Gasteiger partial charge in [0.05, 0.1) is 0 Å². The molecule has 26 heavy (non-hydrogen) atoms. The lowest BCUT2D eigenvalue weighted by molar-refractivity contribution is -0.135.